The van der Waals surface area contributed by atoms with E-state index in [-0.39, 0.29) is 17.3 Å². The van der Waals surface area contributed by atoms with E-state index >= 15 is 0 Å². The average molecular weight is 496 g/mol. The Morgan fingerprint density at radius 1 is 1.21 bits per heavy atom. The topological polar surface area (TPSA) is 221 Å². The molecule has 13 nitrogen and oxygen atoms in total. The van der Waals surface area contributed by atoms with Crippen LogP contribution in [0.3, 0.4) is 0 Å². The maximum atomic E-state index is 12.1. The van der Waals surface area contributed by atoms with Crippen molar-refractivity contribution in [2.75, 3.05) is 25.0 Å². The van der Waals surface area contributed by atoms with Gasteiger partial charge < -0.3 is 36.8 Å². The third-order valence-corrected chi connectivity index (χ3v) is 3.13. The van der Waals surface area contributed by atoms with Crippen LogP contribution in [0.2, 0.25) is 0 Å². The van der Waals surface area contributed by atoms with Crippen LogP contribution in [0.1, 0.15) is 25.6 Å². The molecule has 16 heteroatoms. The first-order chi connectivity index (χ1) is 15.4. The summed E-state index contributed by atoms with van der Waals surface area (Å²) < 4.78 is 40.9. The number of ether oxygens (including phenoxy) is 1. The van der Waals surface area contributed by atoms with Crippen LogP contribution in [0.4, 0.5) is 23.8 Å². The quantitative estimate of drug-likeness (QED) is 0.132. The summed E-state index contributed by atoms with van der Waals surface area (Å²) in [7, 11) is 0. The molecule has 0 saturated heterocycles. The molecule has 1 heterocycles. The van der Waals surface area contributed by atoms with Gasteiger partial charge in [0.25, 0.3) is 0 Å². The van der Waals surface area contributed by atoms with Gasteiger partial charge in [0.05, 0.1) is 6.61 Å². The van der Waals surface area contributed by atoms with E-state index in [2.05, 4.69) is 25.6 Å². The molecule has 0 saturated carbocycles. The van der Waals surface area contributed by atoms with Crippen LogP contribution < -0.4 is 16.4 Å². The third-order valence-electron chi connectivity index (χ3n) is 3.13. The molecule has 1 rings (SSSR count). The Bertz CT molecular complexity index is 819. The smallest absolute Gasteiger partial charge is 0.408 e. The molecule has 1 aromatic heterocycles. The van der Waals surface area contributed by atoms with Gasteiger partial charge in [-0.2, -0.15) is 13.2 Å². The lowest BCUT2D eigenvalue weighted by Gasteiger charge is -2.08. The Hall–Kier alpha value is -3.95. The fraction of sp³-hybridized carbons (Fsp3) is 0.444. The zero-order chi connectivity index (χ0) is 25.3. The third kappa shape index (κ3) is 20.0. The Morgan fingerprint density at radius 2 is 1.82 bits per heavy atom. The van der Waals surface area contributed by atoms with Gasteiger partial charge in [0, 0.05) is 31.3 Å². The normalized spacial score (nSPS) is 11.0. The van der Waals surface area contributed by atoms with Gasteiger partial charge in [-0.15, -0.1) is 0 Å². The molecule has 0 bridgehead atoms. The molecular weight excluding hydrogens is 469 g/mol. The van der Waals surface area contributed by atoms with Crippen molar-refractivity contribution in [3.05, 3.63) is 30.2 Å². The maximum Gasteiger partial charge on any atom is 0.408 e. The SMILES string of the molecule is CCOC(=O)NCCCCc1nccc(NC(N)=NCC(F)(F)F)n1.O.O=C(O)/C=C\C(=O)O. The molecule has 0 aliphatic heterocycles. The fourth-order valence-corrected chi connectivity index (χ4v) is 1.86. The van der Waals surface area contributed by atoms with E-state index < -0.39 is 30.8 Å². The number of rotatable bonds is 10. The summed E-state index contributed by atoms with van der Waals surface area (Å²) in [6.45, 7) is 1.14. The molecule has 0 fully saturated rings. The van der Waals surface area contributed by atoms with Crippen LogP contribution in [0.25, 0.3) is 0 Å². The molecule has 0 atom stereocenters. The highest BCUT2D eigenvalue weighted by molar-refractivity contribution is 5.91. The molecule has 1 amide bonds. The number of unbranched alkanes of at least 4 members (excludes halogenated alkanes) is 1. The monoisotopic (exact) mass is 496 g/mol. The molecule has 0 aromatic carbocycles. The second-order valence-electron chi connectivity index (χ2n) is 5.91. The zero-order valence-corrected chi connectivity index (χ0v) is 18.1. The highest BCUT2D eigenvalue weighted by Crippen LogP contribution is 2.14. The second kappa shape index (κ2) is 17.6. The van der Waals surface area contributed by atoms with Gasteiger partial charge in [-0.3, -0.25) is 0 Å². The van der Waals surface area contributed by atoms with Crippen molar-refractivity contribution in [3.63, 3.8) is 0 Å². The van der Waals surface area contributed by atoms with Gasteiger partial charge in [0.1, 0.15) is 18.2 Å². The average Bonchev–Trinajstić information content (AvgIpc) is 2.71. The molecule has 0 aliphatic carbocycles. The molecule has 0 radical (unpaired) electrons. The predicted octanol–water partition coefficient (Wildman–Crippen LogP) is 0.721. The van der Waals surface area contributed by atoms with Gasteiger partial charge in [0.15, 0.2) is 5.96 Å². The number of aliphatic imine (C=N–C) groups is 1. The molecule has 8 N–H and O–H groups in total. The van der Waals surface area contributed by atoms with Crippen LogP contribution >= 0.6 is 0 Å². The number of carboxylic acids is 2. The number of aliphatic carboxylic acids is 2. The number of carboxylic acid groups (broad SMARTS) is 2. The number of anilines is 1. The number of carbonyl (C=O) groups is 3. The van der Waals surface area contributed by atoms with E-state index in [4.69, 9.17) is 20.7 Å². The number of alkyl carbamates (subject to hydrolysis) is 1. The molecule has 34 heavy (non-hydrogen) atoms. The Balaban J connectivity index is 0. The Labute approximate surface area is 192 Å². The van der Waals surface area contributed by atoms with E-state index in [0.717, 1.165) is 0 Å². The van der Waals surface area contributed by atoms with Gasteiger partial charge >= 0.3 is 24.2 Å². The van der Waals surface area contributed by atoms with Crippen LogP contribution in [-0.4, -0.2) is 75.5 Å². The number of hydrogen-bond acceptors (Lipinski definition) is 7. The summed E-state index contributed by atoms with van der Waals surface area (Å²) >= 11 is 0. The van der Waals surface area contributed by atoms with Gasteiger partial charge in [-0.1, -0.05) is 0 Å². The first kappa shape index (κ1) is 32.2. The van der Waals surface area contributed by atoms with Crippen LogP contribution in [0.5, 0.6) is 0 Å². The summed E-state index contributed by atoms with van der Waals surface area (Å²) in [5.41, 5.74) is 5.38. The molecule has 0 aliphatic rings. The van der Waals surface area contributed by atoms with E-state index in [1.54, 1.807) is 6.92 Å². The number of amides is 1. The molecule has 0 unspecified atom stereocenters. The number of nitrogens with one attached hydrogen (secondary N) is 2. The number of nitrogens with zero attached hydrogens (tertiary/aromatic N) is 3. The van der Waals surface area contributed by atoms with Crippen molar-refractivity contribution in [1.29, 1.82) is 0 Å². The largest absolute Gasteiger partial charge is 0.478 e. The van der Waals surface area contributed by atoms with E-state index in [1.807, 2.05) is 0 Å². The van der Waals surface area contributed by atoms with Gasteiger partial charge in [0.2, 0.25) is 0 Å². The summed E-state index contributed by atoms with van der Waals surface area (Å²) in [5, 5.41) is 20.7. The molecular formula is C18H27F3N6O7. The maximum absolute atomic E-state index is 12.1. The number of hydrogen-bond donors (Lipinski definition) is 5. The van der Waals surface area contributed by atoms with Crippen LogP contribution in [-0.2, 0) is 20.7 Å². The van der Waals surface area contributed by atoms with Crippen molar-refractivity contribution >= 4 is 29.8 Å². The first-order valence-corrected chi connectivity index (χ1v) is 9.43. The summed E-state index contributed by atoms with van der Waals surface area (Å²) in [4.78, 5) is 41.6. The number of aromatic nitrogens is 2. The minimum atomic E-state index is -4.42. The lowest BCUT2D eigenvalue weighted by molar-refractivity contribution is -0.134. The predicted molar refractivity (Wildman–Crippen MR) is 114 cm³/mol. The van der Waals surface area contributed by atoms with Crippen molar-refractivity contribution in [2.24, 2.45) is 10.7 Å². The van der Waals surface area contributed by atoms with Crippen LogP contribution in [0, 0.1) is 0 Å². The van der Waals surface area contributed by atoms with Gasteiger partial charge in [-0.05, 0) is 25.8 Å². The first-order valence-electron chi connectivity index (χ1n) is 9.43. The number of alkyl halides is 3. The van der Waals surface area contributed by atoms with E-state index in [9.17, 15) is 27.6 Å². The second-order valence-corrected chi connectivity index (χ2v) is 5.91. The minimum Gasteiger partial charge on any atom is -0.478 e. The zero-order valence-electron chi connectivity index (χ0n) is 18.1. The lowest BCUT2D eigenvalue weighted by atomic mass is 10.2. The number of guanidine groups is 1. The highest BCUT2D eigenvalue weighted by atomic mass is 19.4. The van der Waals surface area contributed by atoms with E-state index in [1.165, 1.54) is 12.3 Å². The number of halogens is 3. The standard InChI is InChI=1S/C14H21F3N6O2.C4H4O4.H2O/c1-2-25-13(24)20-7-4-3-5-10-19-8-6-11(22-10)23-12(18)21-9-14(15,16)17;5-3(6)1-2-4(7)8;/h6,8H,2-5,7,9H2,1H3,(H,20,24)(H3,18,19,21,22,23);1-2H,(H,5,6)(H,7,8);1H2/b;2-1-;. The highest BCUT2D eigenvalue weighted by Gasteiger charge is 2.26. The summed E-state index contributed by atoms with van der Waals surface area (Å²) in [6, 6.07) is 1.47. The van der Waals surface area contributed by atoms with Crippen molar-refractivity contribution < 1.29 is 48.0 Å². The summed E-state index contributed by atoms with van der Waals surface area (Å²) in [6.07, 6.45) is -0.329. The molecule has 1 aromatic rings. The summed E-state index contributed by atoms with van der Waals surface area (Å²) in [5.74, 6) is -2.12. The molecule has 0 spiro atoms. The van der Waals surface area contributed by atoms with Crippen molar-refractivity contribution in [2.45, 2.75) is 32.4 Å². The van der Waals surface area contributed by atoms with E-state index in [0.29, 0.717) is 50.4 Å². The number of aryl methyl sites for hydroxylation is 1. The fourth-order valence-electron chi connectivity index (χ4n) is 1.86. The lowest BCUT2D eigenvalue weighted by Crippen LogP contribution is -2.26. The van der Waals surface area contributed by atoms with Crippen LogP contribution in [0.15, 0.2) is 29.4 Å². The van der Waals surface area contributed by atoms with Crippen molar-refractivity contribution in [1.82, 2.24) is 15.3 Å². The Kier molecular flexibility index (Phi) is 16.7. The molecule has 192 valence electrons. The van der Waals surface area contributed by atoms with Crippen molar-refractivity contribution in [3.8, 4) is 0 Å². The number of carbonyl (C=O) groups excluding carboxylic acids is 1. The number of nitrogens with two attached hydrogens (primary N) is 1. The minimum absolute atomic E-state index is 0. The van der Waals surface area contributed by atoms with Gasteiger partial charge in [-0.25, -0.2) is 29.3 Å². The Morgan fingerprint density at radius 3 is 2.35 bits per heavy atom.